The van der Waals surface area contributed by atoms with Gasteiger partial charge in [0.15, 0.2) is 0 Å². The van der Waals surface area contributed by atoms with Crippen molar-refractivity contribution in [2.45, 2.75) is 45.3 Å². The number of carbonyl (C=O) groups excluding carboxylic acids is 2. The van der Waals surface area contributed by atoms with E-state index >= 15 is 0 Å². The van der Waals surface area contributed by atoms with E-state index in [1.165, 1.54) is 4.90 Å². The minimum Gasteiger partial charge on any atom is -0.444 e. The molecule has 0 aliphatic carbocycles. The molecule has 0 aromatic rings. The van der Waals surface area contributed by atoms with E-state index in [-0.39, 0.29) is 18.5 Å². The van der Waals surface area contributed by atoms with Crippen LogP contribution in [0.2, 0.25) is 0 Å². The van der Waals surface area contributed by atoms with E-state index in [2.05, 4.69) is 5.32 Å². The first-order valence-electron chi connectivity index (χ1n) is 7.35. The van der Waals surface area contributed by atoms with Crippen molar-refractivity contribution in [1.82, 2.24) is 15.1 Å². The second kappa shape index (κ2) is 5.99. The first-order chi connectivity index (χ1) is 9.37. The zero-order chi connectivity index (χ0) is 14.8. The fraction of sp³-hybridized carbons (Fsp3) is 0.857. The molecule has 2 aliphatic rings. The molecule has 2 heterocycles. The van der Waals surface area contributed by atoms with Crippen LogP contribution >= 0.6 is 0 Å². The average molecular weight is 283 g/mol. The van der Waals surface area contributed by atoms with Crippen molar-refractivity contribution in [3.63, 3.8) is 0 Å². The van der Waals surface area contributed by atoms with Gasteiger partial charge < -0.3 is 15.0 Å². The normalized spacial score (nSPS) is 24.8. The molecule has 0 aromatic carbocycles. The molecule has 6 nitrogen and oxygen atoms in total. The van der Waals surface area contributed by atoms with Crippen LogP contribution < -0.4 is 5.32 Å². The van der Waals surface area contributed by atoms with Crippen LogP contribution in [0.4, 0.5) is 4.79 Å². The Labute approximate surface area is 120 Å². The predicted octanol–water partition coefficient (Wildman–Crippen LogP) is 0.818. The Bertz CT molecular complexity index is 372. The van der Waals surface area contributed by atoms with Gasteiger partial charge >= 0.3 is 6.09 Å². The molecule has 114 valence electrons. The molecule has 1 N–H and O–H groups in total. The van der Waals surface area contributed by atoms with Crippen LogP contribution in [0.1, 0.15) is 33.6 Å². The monoisotopic (exact) mass is 283 g/mol. The van der Waals surface area contributed by atoms with Gasteiger partial charge in [-0.25, -0.2) is 4.79 Å². The number of piperidine rings is 1. The predicted molar refractivity (Wildman–Crippen MR) is 75.4 cm³/mol. The lowest BCUT2D eigenvalue weighted by Crippen LogP contribution is -2.58. The van der Waals surface area contributed by atoms with Crippen LogP contribution in [0.25, 0.3) is 0 Å². The first-order valence-corrected chi connectivity index (χ1v) is 7.35. The minimum absolute atomic E-state index is 0.0239. The van der Waals surface area contributed by atoms with E-state index in [9.17, 15) is 9.59 Å². The Kier molecular flexibility index (Phi) is 4.52. The molecule has 0 bridgehead atoms. The smallest absolute Gasteiger partial charge is 0.410 e. The van der Waals surface area contributed by atoms with Crippen LogP contribution in [-0.4, -0.2) is 66.2 Å². The van der Waals surface area contributed by atoms with Crippen LogP contribution in [0.3, 0.4) is 0 Å². The lowest BCUT2D eigenvalue weighted by atomic mass is 10.0. The Morgan fingerprint density at radius 1 is 1.35 bits per heavy atom. The maximum Gasteiger partial charge on any atom is 0.410 e. The van der Waals surface area contributed by atoms with Crippen LogP contribution in [-0.2, 0) is 9.53 Å². The molecular weight excluding hydrogens is 258 g/mol. The number of ether oxygens (including phenoxy) is 1. The number of nitrogens with zero attached hydrogens (tertiary/aromatic N) is 2. The molecule has 0 spiro atoms. The summed E-state index contributed by atoms with van der Waals surface area (Å²) in [5.41, 5.74) is -0.523. The van der Waals surface area contributed by atoms with Gasteiger partial charge in [0.2, 0.25) is 5.91 Å². The number of amides is 2. The maximum absolute atomic E-state index is 12.2. The highest BCUT2D eigenvalue weighted by atomic mass is 16.6. The van der Waals surface area contributed by atoms with Crippen LogP contribution in [0.15, 0.2) is 0 Å². The molecule has 0 saturated carbocycles. The van der Waals surface area contributed by atoms with Gasteiger partial charge in [-0.3, -0.25) is 9.69 Å². The second-order valence-electron chi connectivity index (χ2n) is 6.49. The van der Waals surface area contributed by atoms with Gasteiger partial charge in [-0.1, -0.05) is 0 Å². The second-order valence-corrected chi connectivity index (χ2v) is 6.49. The quantitative estimate of drug-likeness (QED) is 0.774. The fourth-order valence-electron chi connectivity index (χ4n) is 2.65. The van der Waals surface area contributed by atoms with Gasteiger partial charge in [-0.15, -0.1) is 0 Å². The first kappa shape index (κ1) is 15.1. The molecule has 2 fully saturated rings. The Hall–Kier alpha value is -1.30. The molecule has 1 atom stereocenters. The molecule has 1 unspecified atom stereocenters. The molecule has 2 rings (SSSR count). The third-order valence-corrected chi connectivity index (χ3v) is 3.62. The number of nitrogens with one attached hydrogen (secondary N) is 1. The summed E-state index contributed by atoms with van der Waals surface area (Å²) in [6, 6.07) is 0.275. The number of carbonyl (C=O) groups is 2. The average Bonchev–Trinajstić information content (AvgIpc) is 2.37. The molecular formula is C14H25N3O3. The van der Waals surface area contributed by atoms with Crippen LogP contribution in [0.5, 0.6) is 0 Å². The molecule has 0 aromatic heterocycles. The van der Waals surface area contributed by atoms with Gasteiger partial charge in [0.05, 0.1) is 0 Å². The summed E-state index contributed by atoms with van der Waals surface area (Å²) < 4.78 is 5.31. The number of hydrogen-bond acceptors (Lipinski definition) is 4. The molecule has 2 saturated heterocycles. The molecule has 0 radical (unpaired) electrons. The van der Waals surface area contributed by atoms with Crippen molar-refractivity contribution in [3.8, 4) is 0 Å². The fourth-order valence-corrected chi connectivity index (χ4v) is 2.65. The van der Waals surface area contributed by atoms with Gasteiger partial charge in [-0.05, 0) is 40.2 Å². The van der Waals surface area contributed by atoms with E-state index in [0.717, 1.165) is 25.9 Å². The summed E-state index contributed by atoms with van der Waals surface area (Å²) in [4.78, 5) is 27.6. The summed E-state index contributed by atoms with van der Waals surface area (Å²) in [6.07, 6.45) is 1.75. The molecule has 20 heavy (non-hydrogen) atoms. The van der Waals surface area contributed by atoms with Crippen molar-refractivity contribution in [2.75, 3.05) is 32.7 Å². The van der Waals surface area contributed by atoms with Crippen molar-refractivity contribution in [1.29, 1.82) is 0 Å². The lowest BCUT2D eigenvalue weighted by molar-refractivity contribution is -0.138. The minimum atomic E-state index is -0.523. The van der Waals surface area contributed by atoms with Crippen molar-refractivity contribution >= 4 is 12.0 Å². The van der Waals surface area contributed by atoms with Gasteiger partial charge in [0, 0.05) is 25.7 Å². The molecule has 2 aliphatic heterocycles. The Morgan fingerprint density at radius 3 is 2.65 bits per heavy atom. The summed E-state index contributed by atoms with van der Waals surface area (Å²) in [5.74, 6) is 0.0239. The zero-order valence-corrected chi connectivity index (χ0v) is 12.6. The highest BCUT2D eigenvalue weighted by Crippen LogP contribution is 2.16. The number of piperazine rings is 1. The van der Waals surface area contributed by atoms with Crippen LogP contribution in [0, 0.1) is 0 Å². The Balaban J connectivity index is 1.88. The highest BCUT2D eigenvalue weighted by Gasteiger charge is 2.33. The Morgan fingerprint density at radius 2 is 2.10 bits per heavy atom. The van der Waals surface area contributed by atoms with Crippen molar-refractivity contribution in [2.24, 2.45) is 0 Å². The zero-order valence-electron chi connectivity index (χ0n) is 12.6. The molecule has 6 heteroatoms. The number of hydrogen-bond donors (Lipinski definition) is 1. The summed E-state index contributed by atoms with van der Waals surface area (Å²) in [7, 11) is 0. The third kappa shape index (κ3) is 3.85. The van der Waals surface area contributed by atoms with Crippen molar-refractivity contribution in [3.05, 3.63) is 0 Å². The van der Waals surface area contributed by atoms with Gasteiger partial charge in [-0.2, -0.15) is 0 Å². The van der Waals surface area contributed by atoms with E-state index in [4.69, 9.17) is 4.74 Å². The van der Waals surface area contributed by atoms with E-state index in [1.807, 2.05) is 25.7 Å². The largest absolute Gasteiger partial charge is 0.444 e. The summed E-state index contributed by atoms with van der Waals surface area (Å²) in [6.45, 7) is 8.66. The SMILES string of the molecule is CC(C)(C)OC(=O)N1CCN(C2CCCNC2)C(=O)C1. The van der Waals surface area contributed by atoms with Gasteiger partial charge in [0.25, 0.3) is 0 Å². The lowest BCUT2D eigenvalue weighted by Gasteiger charge is -2.40. The summed E-state index contributed by atoms with van der Waals surface area (Å²) >= 11 is 0. The standard InChI is InChI=1S/C14H25N3O3/c1-14(2,3)20-13(19)16-7-8-17(12(18)10-16)11-5-4-6-15-9-11/h11,15H,4-10H2,1-3H3. The van der Waals surface area contributed by atoms with Crippen molar-refractivity contribution < 1.29 is 14.3 Å². The van der Waals surface area contributed by atoms with Gasteiger partial charge in [0.1, 0.15) is 12.1 Å². The summed E-state index contributed by atoms with van der Waals surface area (Å²) in [5, 5.41) is 3.32. The maximum atomic E-state index is 12.2. The molecule has 2 amide bonds. The number of rotatable bonds is 1. The topological polar surface area (TPSA) is 61.9 Å². The van der Waals surface area contributed by atoms with E-state index in [0.29, 0.717) is 13.1 Å². The third-order valence-electron chi connectivity index (χ3n) is 3.62. The van der Waals surface area contributed by atoms with E-state index < -0.39 is 11.7 Å². The highest BCUT2D eigenvalue weighted by molar-refractivity contribution is 5.84. The van der Waals surface area contributed by atoms with E-state index in [1.54, 1.807) is 0 Å².